The molecule has 1 atom stereocenters. The zero-order valence-electron chi connectivity index (χ0n) is 19.0. The molecule has 0 radical (unpaired) electrons. The molecule has 0 fully saturated rings. The van der Waals surface area contributed by atoms with Crippen LogP contribution in [0, 0.1) is 13.8 Å². The number of benzene rings is 2. The summed E-state index contributed by atoms with van der Waals surface area (Å²) in [6.07, 6.45) is -0.687. The van der Waals surface area contributed by atoms with Crippen molar-refractivity contribution >= 4 is 11.1 Å². The predicted molar refractivity (Wildman–Crippen MR) is 119 cm³/mol. The molecule has 0 saturated heterocycles. The van der Waals surface area contributed by atoms with Gasteiger partial charge in [0.15, 0.2) is 16.8 Å². The number of fused-ring (bicyclic) bond motifs is 2. The second-order valence-corrected chi connectivity index (χ2v) is 8.95. The molecule has 172 valence electrons. The van der Waals surface area contributed by atoms with Crippen molar-refractivity contribution in [3.63, 3.8) is 0 Å². The molecule has 2 aliphatic rings. The van der Waals surface area contributed by atoms with E-state index in [4.69, 9.17) is 4.42 Å². The Labute approximate surface area is 185 Å². The van der Waals surface area contributed by atoms with E-state index in [0.717, 1.165) is 17.7 Å². The van der Waals surface area contributed by atoms with Crippen LogP contribution in [-0.2, 0) is 12.6 Å². The van der Waals surface area contributed by atoms with Gasteiger partial charge in [-0.1, -0.05) is 11.6 Å². The van der Waals surface area contributed by atoms with Crippen LogP contribution >= 0.6 is 0 Å². The van der Waals surface area contributed by atoms with Gasteiger partial charge in [0.1, 0.15) is 11.2 Å². The molecule has 0 bridgehead atoms. The maximum Gasteiger partial charge on any atom is 0.416 e. The zero-order chi connectivity index (χ0) is 23.8. The van der Waals surface area contributed by atoms with Crippen LogP contribution in [0.2, 0.25) is 0 Å². The van der Waals surface area contributed by atoms with Crippen LogP contribution < -0.4 is 5.43 Å². The largest absolute Gasteiger partial charge is 0.452 e. The fourth-order valence-electron chi connectivity index (χ4n) is 3.75. The minimum atomic E-state index is -4.52. The van der Waals surface area contributed by atoms with Crippen molar-refractivity contribution in [1.82, 2.24) is 4.98 Å². The van der Waals surface area contributed by atoms with Crippen molar-refractivity contribution in [2.24, 2.45) is 0 Å². The van der Waals surface area contributed by atoms with Crippen molar-refractivity contribution in [1.29, 1.82) is 0 Å². The van der Waals surface area contributed by atoms with Crippen molar-refractivity contribution in [2.75, 3.05) is 0 Å². The van der Waals surface area contributed by atoms with Gasteiger partial charge in [-0.15, -0.1) is 0 Å². The first-order valence-corrected chi connectivity index (χ1v) is 10.6. The van der Waals surface area contributed by atoms with Crippen molar-refractivity contribution < 1.29 is 22.7 Å². The smallest absolute Gasteiger partial charge is 0.416 e. The van der Waals surface area contributed by atoms with Crippen molar-refractivity contribution in [3.05, 3.63) is 62.3 Å². The summed E-state index contributed by atoms with van der Waals surface area (Å²) in [4.78, 5) is 17.5. The first kappa shape index (κ1) is 24.0. The number of hydrogen-bond donors (Lipinski definition) is 1. The molecule has 1 N–H and O–H groups in total. The quantitative estimate of drug-likeness (QED) is 0.353. The van der Waals surface area contributed by atoms with Crippen molar-refractivity contribution in [3.8, 4) is 11.5 Å². The molecule has 4 nitrogen and oxygen atoms in total. The van der Waals surface area contributed by atoms with E-state index in [-0.39, 0.29) is 28.7 Å². The van der Waals surface area contributed by atoms with Crippen molar-refractivity contribution in [2.45, 2.75) is 72.1 Å². The fraction of sp³-hybridized carbons (Fsp3) is 0.440. The fourth-order valence-corrected chi connectivity index (χ4v) is 3.75. The van der Waals surface area contributed by atoms with Crippen LogP contribution in [0.15, 0.2) is 39.1 Å². The average molecular weight is 447 g/mol. The predicted octanol–water partition coefficient (Wildman–Crippen LogP) is 6.36. The van der Waals surface area contributed by atoms with E-state index in [2.05, 4.69) is 4.98 Å². The molecule has 1 aliphatic carbocycles. The van der Waals surface area contributed by atoms with Crippen LogP contribution in [0.1, 0.15) is 62.3 Å². The summed E-state index contributed by atoms with van der Waals surface area (Å²) in [5, 5.41) is 10.8. The maximum atomic E-state index is 13.1. The summed E-state index contributed by atoms with van der Waals surface area (Å²) in [6, 6.07) is 3.14. The highest BCUT2D eigenvalue weighted by Gasteiger charge is 2.32. The van der Waals surface area contributed by atoms with Gasteiger partial charge in [-0.3, -0.25) is 4.79 Å². The normalized spacial score (nSPS) is 14.0. The van der Waals surface area contributed by atoms with E-state index in [1.807, 2.05) is 19.9 Å². The maximum absolute atomic E-state index is 13.1. The zero-order valence-corrected chi connectivity index (χ0v) is 19.0. The molecule has 0 unspecified atom stereocenters. The first-order valence-electron chi connectivity index (χ1n) is 10.6. The minimum Gasteiger partial charge on any atom is -0.452 e. The van der Waals surface area contributed by atoms with Gasteiger partial charge < -0.3 is 9.52 Å². The number of aromatic nitrogens is 1. The van der Waals surface area contributed by atoms with Crippen LogP contribution in [0.5, 0.6) is 0 Å². The van der Waals surface area contributed by atoms with Gasteiger partial charge in [0.2, 0.25) is 0 Å². The molecule has 32 heavy (non-hydrogen) atoms. The second-order valence-electron chi connectivity index (χ2n) is 8.95. The Balaban J connectivity index is 2.07. The first-order chi connectivity index (χ1) is 14.8. The van der Waals surface area contributed by atoms with E-state index in [1.165, 1.54) is 6.07 Å². The summed E-state index contributed by atoms with van der Waals surface area (Å²) < 4.78 is 45.3. The molecule has 0 saturated carbocycles. The Morgan fingerprint density at radius 2 is 1.84 bits per heavy atom. The van der Waals surface area contributed by atoms with Gasteiger partial charge in [-0.25, -0.2) is 4.98 Å². The molecule has 7 heteroatoms. The number of alkyl halides is 3. The molecular weight excluding hydrogens is 419 g/mol. The summed E-state index contributed by atoms with van der Waals surface area (Å²) in [6.45, 7) is 9.15. The number of rotatable bonds is 6. The molecule has 0 spiro atoms. The van der Waals surface area contributed by atoms with Crippen LogP contribution in [0.25, 0.3) is 22.6 Å². The lowest BCUT2D eigenvalue weighted by molar-refractivity contribution is -0.137. The third-order valence-electron chi connectivity index (χ3n) is 5.90. The number of aliphatic hydroxyl groups is 1. The molecule has 3 rings (SSSR count). The van der Waals surface area contributed by atoms with E-state index in [1.54, 1.807) is 20.8 Å². The van der Waals surface area contributed by atoms with Crippen LogP contribution in [0.3, 0.4) is 0 Å². The number of allylic oxidation sites excluding steroid dienone is 2. The number of hydrogen-bond acceptors (Lipinski definition) is 4. The Morgan fingerprint density at radius 3 is 2.47 bits per heavy atom. The van der Waals surface area contributed by atoms with Crippen LogP contribution in [0.4, 0.5) is 13.2 Å². The lowest BCUT2D eigenvalue weighted by atomic mass is 9.89. The van der Waals surface area contributed by atoms with Gasteiger partial charge in [-0.2, -0.15) is 13.2 Å². The lowest BCUT2D eigenvalue weighted by Gasteiger charge is -2.23. The Kier molecular flexibility index (Phi) is 6.52. The highest BCUT2D eigenvalue weighted by atomic mass is 19.4. The Hall–Kier alpha value is -2.67. The molecule has 0 aromatic heterocycles. The van der Waals surface area contributed by atoms with Gasteiger partial charge in [0, 0.05) is 11.1 Å². The highest BCUT2D eigenvalue weighted by molar-refractivity contribution is 5.79. The summed E-state index contributed by atoms with van der Waals surface area (Å²) in [5.41, 5.74) is 1.27. The monoisotopic (exact) mass is 447 g/mol. The Bertz CT molecular complexity index is 1200. The molecule has 1 heterocycles. The summed E-state index contributed by atoms with van der Waals surface area (Å²) in [7, 11) is 0. The third kappa shape index (κ3) is 5.04. The molecular formula is C25H28F3NO3. The minimum absolute atomic E-state index is 0.0356. The van der Waals surface area contributed by atoms with E-state index in [9.17, 15) is 23.1 Å². The van der Waals surface area contributed by atoms with Gasteiger partial charge in [0.25, 0.3) is 0 Å². The average Bonchev–Trinajstić information content (AvgIpc) is 2.69. The second kappa shape index (κ2) is 8.70. The standard InChI is InChI=1S/C25H28F3NO3/c1-14(2)7-6-11-24(5,31)12-10-18-22(30)16(4)15(3)21-23(18)32-20-13-17(25(26,27)28)8-9-19(20)29-21/h7-9,13,31H,6,10-12H2,1-5H3/t24-/m1/s1. The van der Waals surface area contributed by atoms with Crippen LogP contribution in [-0.4, -0.2) is 15.7 Å². The van der Waals surface area contributed by atoms with Gasteiger partial charge in [-0.05, 0) is 84.1 Å². The van der Waals surface area contributed by atoms with E-state index < -0.39 is 17.3 Å². The van der Waals surface area contributed by atoms with E-state index >= 15 is 0 Å². The molecule has 1 aromatic carbocycles. The van der Waals surface area contributed by atoms with Gasteiger partial charge in [0.05, 0.1) is 11.2 Å². The number of nitrogens with zero attached hydrogens (tertiary/aromatic N) is 1. The SMILES string of the molecule is CC(C)=CCC[C@@](C)(O)CCc1c2oc3cc(C(F)(F)F)ccc3nc-2c(C)c(C)c1=O. The Morgan fingerprint density at radius 1 is 1.16 bits per heavy atom. The third-order valence-corrected chi connectivity index (χ3v) is 5.90. The summed E-state index contributed by atoms with van der Waals surface area (Å²) in [5.74, 6) is 0.185. The number of halogens is 3. The summed E-state index contributed by atoms with van der Waals surface area (Å²) >= 11 is 0. The highest BCUT2D eigenvalue weighted by Crippen LogP contribution is 2.35. The van der Waals surface area contributed by atoms with E-state index in [0.29, 0.717) is 41.6 Å². The topological polar surface area (TPSA) is 63.3 Å². The molecule has 0 amide bonds. The molecule has 1 aromatic rings. The molecule has 1 aliphatic heterocycles. The lowest BCUT2D eigenvalue weighted by Crippen LogP contribution is -2.27. The van der Waals surface area contributed by atoms with Gasteiger partial charge >= 0.3 is 6.18 Å².